The van der Waals surface area contributed by atoms with E-state index in [-0.39, 0.29) is 24.0 Å². The molecule has 192 valence electrons. The zero-order chi connectivity index (χ0) is 25.5. The lowest BCUT2D eigenvalue weighted by atomic mass is 9.98. The van der Waals surface area contributed by atoms with Crippen LogP contribution in [0.5, 0.6) is 5.88 Å². The van der Waals surface area contributed by atoms with E-state index < -0.39 is 32.1 Å². The Balaban J connectivity index is 0.000000739. The van der Waals surface area contributed by atoms with Crippen LogP contribution in [0.25, 0.3) is 10.9 Å². The molecule has 1 aromatic carbocycles. The molecule has 0 unspecified atom stereocenters. The largest absolute Gasteiger partial charge is 0.736 e. The maximum absolute atomic E-state index is 13.6. The van der Waals surface area contributed by atoms with Crippen molar-refractivity contribution in [3.63, 3.8) is 0 Å². The second-order valence-corrected chi connectivity index (χ2v) is 10.6. The smallest absolute Gasteiger partial charge is 0.344 e. The van der Waals surface area contributed by atoms with E-state index in [1.165, 1.54) is 19.2 Å². The van der Waals surface area contributed by atoms with Gasteiger partial charge in [0.15, 0.2) is 10.3 Å². The van der Waals surface area contributed by atoms with E-state index in [0.29, 0.717) is 24.0 Å². The second-order valence-electron chi connectivity index (χ2n) is 7.77. The number of hydrogen-bond acceptors (Lipinski definition) is 9. The van der Waals surface area contributed by atoms with Gasteiger partial charge >= 0.3 is 5.97 Å². The lowest BCUT2D eigenvalue weighted by molar-refractivity contribution is 0.0372. The third kappa shape index (κ3) is 9.52. The van der Waals surface area contributed by atoms with Crippen LogP contribution in [0, 0.1) is 11.7 Å². The Kier molecular flexibility index (Phi) is 9.78. The van der Waals surface area contributed by atoms with E-state index in [2.05, 4.69) is 19.7 Å². The number of methoxy groups -OCH3 is 1. The molecule has 1 fully saturated rings. The Hall–Kier alpha value is -2.30. The Labute approximate surface area is 197 Å². The van der Waals surface area contributed by atoms with Crippen LogP contribution in [-0.4, -0.2) is 83.4 Å². The quantitative estimate of drug-likeness (QED) is 0.320. The average Bonchev–Trinajstić information content (AvgIpc) is 3.08. The summed E-state index contributed by atoms with van der Waals surface area (Å²) in [6.45, 7) is 2.94. The summed E-state index contributed by atoms with van der Waals surface area (Å²) in [5.41, 5.74) is 0.803. The average molecular weight is 524 g/mol. The van der Waals surface area contributed by atoms with Crippen molar-refractivity contribution in [2.45, 2.75) is 12.8 Å². The highest BCUT2D eigenvalue weighted by Gasteiger charge is 2.24. The van der Waals surface area contributed by atoms with Crippen molar-refractivity contribution < 1.29 is 40.0 Å². The summed E-state index contributed by atoms with van der Waals surface area (Å²) in [4.78, 5) is 17.8. The number of ether oxygens (including phenoxy) is 2. The van der Waals surface area contributed by atoms with E-state index in [4.69, 9.17) is 22.4 Å². The van der Waals surface area contributed by atoms with Crippen LogP contribution in [-0.2, 0) is 25.1 Å². The topological polar surface area (TPSA) is 184 Å². The number of halogens is 1. The molecule has 0 aliphatic carbocycles. The van der Waals surface area contributed by atoms with E-state index in [1.807, 2.05) is 0 Å². The zero-order valence-corrected chi connectivity index (χ0v) is 20.4. The summed E-state index contributed by atoms with van der Waals surface area (Å²) in [6.07, 6.45) is 2.85. The van der Waals surface area contributed by atoms with Crippen molar-refractivity contribution in [1.29, 1.82) is 0 Å². The number of aromatic nitrogens is 1. The summed E-state index contributed by atoms with van der Waals surface area (Å²) >= 11 is 0. The van der Waals surface area contributed by atoms with E-state index >= 15 is 0 Å². The highest BCUT2D eigenvalue weighted by molar-refractivity contribution is 7.88. The Morgan fingerprint density at radius 2 is 1.91 bits per heavy atom. The van der Waals surface area contributed by atoms with Crippen LogP contribution >= 0.6 is 0 Å². The number of carbonyl (C=O) groups excluding carboxylic acids is 1. The van der Waals surface area contributed by atoms with Gasteiger partial charge in [-0.15, -0.1) is 0 Å². The van der Waals surface area contributed by atoms with Gasteiger partial charge in [-0.25, -0.2) is 35.9 Å². The molecular weight excluding hydrogens is 495 g/mol. The van der Waals surface area contributed by atoms with Gasteiger partial charge in [0.05, 0.1) is 20.0 Å². The van der Waals surface area contributed by atoms with Gasteiger partial charge in [-0.05, 0) is 50.0 Å². The van der Waals surface area contributed by atoms with Crippen LogP contribution in [0.3, 0.4) is 0 Å². The molecule has 0 bridgehead atoms. The lowest BCUT2D eigenvalue weighted by Gasteiger charge is -2.31. The number of nitrogens with zero attached hydrogens (tertiary/aromatic N) is 1. The van der Waals surface area contributed by atoms with Crippen LogP contribution in [0.1, 0.15) is 23.2 Å². The first-order valence-electron chi connectivity index (χ1n) is 10.2. The number of carbonyl (C=O) groups is 1. The van der Waals surface area contributed by atoms with Gasteiger partial charge in [-0.1, -0.05) is 0 Å². The minimum absolute atomic E-state index is 0.200. The predicted octanol–water partition coefficient (Wildman–Crippen LogP) is 0.139. The normalized spacial score (nSPS) is 15.6. The maximum Gasteiger partial charge on any atom is 0.344 e. The highest BCUT2D eigenvalue weighted by atomic mass is 32.2. The number of sulfonamides is 1. The van der Waals surface area contributed by atoms with E-state index in [0.717, 1.165) is 32.2 Å². The van der Waals surface area contributed by atoms with Crippen molar-refractivity contribution in [2.75, 3.05) is 46.2 Å². The summed E-state index contributed by atoms with van der Waals surface area (Å²) in [5, 5.41) is 4.20. The zero-order valence-electron chi connectivity index (χ0n) is 18.7. The standard InChI is InChI=1S/C19H26FN3O5S.H3NO3S/c1-27-18-17(15-11-14(20)3-4-16(15)22-18)19(24)28-12-13-5-8-23(9-6-13)10-7-21-29(2,25)26;1-5(2,3)4/h3-4,11,13,21-22H,5-10,12H2,1-2H3;(H3,1,2,3,4)/p-1. The monoisotopic (exact) mass is 523 g/mol. The number of nitrogens with one attached hydrogen (secondary N) is 2. The molecule has 1 aromatic heterocycles. The fourth-order valence-corrected chi connectivity index (χ4v) is 3.99. The summed E-state index contributed by atoms with van der Waals surface area (Å²) < 4.78 is 75.6. The van der Waals surface area contributed by atoms with Gasteiger partial charge in [0.2, 0.25) is 15.9 Å². The van der Waals surface area contributed by atoms with Gasteiger partial charge in [-0.2, -0.15) is 0 Å². The first-order valence-corrected chi connectivity index (χ1v) is 13.6. The number of piperidine rings is 1. The first kappa shape index (κ1) is 27.9. The minimum Gasteiger partial charge on any atom is -0.736 e. The van der Waals surface area contributed by atoms with Gasteiger partial charge in [0.25, 0.3) is 0 Å². The molecule has 4 N–H and O–H groups in total. The third-order valence-electron chi connectivity index (χ3n) is 5.08. The van der Waals surface area contributed by atoms with Crippen LogP contribution in [0.4, 0.5) is 4.39 Å². The summed E-state index contributed by atoms with van der Waals surface area (Å²) in [6, 6.07) is 4.15. The fourth-order valence-electron chi connectivity index (χ4n) is 3.53. The van der Waals surface area contributed by atoms with Gasteiger partial charge < -0.3 is 23.9 Å². The SMILES string of the molecule is COc1[nH]c2ccc(F)cc2c1C(=O)OCC1CCN(CCNS(C)(=O)=O)CC1.NS(=O)(=O)[O-]. The number of benzene rings is 1. The van der Waals surface area contributed by atoms with Crippen LogP contribution in [0.2, 0.25) is 0 Å². The van der Waals surface area contributed by atoms with Crippen molar-refractivity contribution >= 4 is 37.2 Å². The number of nitrogens with two attached hydrogens (primary N) is 1. The Bertz CT molecular complexity index is 1180. The van der Waals surface area contributed by atoms with Gasteiger partial charge in [-0.3, -0.25) is 0 Å². The third-order valence-corrected chi connectivity index (χ3v) is 5.81. The van der Waals surface area contributed by atoms with Crippen LogP contribution in [0.15, 0.2) is 18.2 Å². The maximum atomic E-state index is 13.6. The van der Waals surface area contributed by atoms with Crippen molar-refractivity contribution in [3.05, 3.63) is 29.6 Å². The van der Waals surface area contributed by atoms with Crippen molar-refractivity contribution in [2.24, 2.45) is 11.1 Å². The number of aromatic amines is 1. The van der Waals surface area contributed by atoms with Gasteiger partial charge in [0, 0.05) is 24.0 Å². The number of likely N-dealkylation sites (tertiary alicyclic amines) is 1. The molecule has 15 heteroatoms. The van der Waals surface area contributed by atoms with Crippen LogP contribution < -0.4 is 14.6 Å². The molecule has 1 aliphatic heterocycles. The summed E-state index contributed by atoms with van der Waals surface area (Å²) in [7, 11) is -6.15. The molecule has 1 saturated heterocycles. The number of esters is 1. The molecule has 0 saturated carbocycles. The molecule has 0 amide bonds. The number of H-pyrrole nitrogens is 1. The van der Waals surface area contributed by atoms with E-state index in [9.17, 15) is 17.6 Å². The molecule has 2 heterocycles. The molecule has 0 atom stereocenters. The predicted molar refractivity (Wildman–Crippen MR) is 121 cm³/mol. The number of fused-ring (bicyclic) bond motifs is 1. The summed E-state index contributed by atoms with van der Waals surface area (Å²) in [5.74, 6) is -0.501. The molecular formula is C19H28FN4O8S2-. The molecule has 0 radical (unpaired) electrons. The van der Waals surface area contributed by atoms with Crippen molar-refractivity contribution in [3.8, 4) is 5.88 Å². The minimum atomic E-state index is -4.42. The highest BCUT2D eigenvalue weighted by Crippen LogP contribution is 2.29. The molecule has 34 heavy (non-hydrogen) atoms. The number of hydrogen-bond donors (Lipinski definition) is 3. The second kappa shape index (κ2) is 11.9. The lowest BCUT2D eigenvalue weighted by Crippen LogP contribution is -2.40. The molecule has 2 aromatic rings. The van der Waals surface area contributed by atoms with Crippen molar-refractivity contribution in [1.82, 2.24) is 14.6 Å². The number of rotatable bonds is 8. The fraction of sp³-hybridized carbons (Fsp3) is 0.526. The Morgan fingerprint density at radius 1 is 1.29 bits per heavy atom. The Morgan fingerprint density at radius 3 is 2.47 bits per heavy atom. The molecule has 0 spiro atoms. The molecule has 3 rings (SSSR count). The molecule has 1 aliphatic rings. The first-order chi connectivity index (χ1) is 15.8. The molecule has 12 nitrogen and oxygen atoms in total. The van der Waals surface area contributed by atoms with Gasteiger partial charge in [0.1, 0.15) is 11.4 Å². The van der Waals surface area contributed by atoms with E-state index in [1.54, 1.807) is 6.07 Å².